The van der Waals surface area contributed by atoms with E-state index >= 15 is 0 Å². The first kappa shape index (κ1) is 11.8. The van der Waals surface area contributed by atoms with Crippen molar-refractivity contribution in [3.63, 3.8) is 0 Å². The molecule has 0 bridgehead atoms. The van der Waals surface area contributed by atoms with Crippen LogP contribution in [0.25, 0.3) is 0 Å². The fourth-order valence-electron chi connectivity index (χ4n) is 1.77. The third-order valence-corrected chi connectivity index (χ3v) is 3.26. The van der Waals surface area contributed by atoms with Crippen LogP contribution in [0.1, 0.15) is 31.5 Å². The molecule has 1 atom stereocenters. The summed E-state index contributed by atoms with van der Waals surface area (Å²) in [5.74, 6) is 0.971. The van der Waals surface area contributed by atoms with Crippen LogP contribution in [0.4, 0.5) is 5.82 Å². The van der Waals surface area contributed by atoms with Crippen LogP contribution < -0.4 is 10.6 Å². The van der Waals surface area contributed by atoms with Gasteiger partial charge in [0.1, 0.15) is 5.82 Å². The molecule has 88 valence electrons. The van der Waals surface area contributed by atoms with Gasteiger partial charge >= 0.3 is 0 Å². The highest BCUT2D eigenvalue weighted by molar-refractivity contribution is 9.10. The molecule has 0 aliphatic carbocycles. The van der Waals surface area contributed by atoms with Crippen LogP contribution in [0.5, 0.6) is 0 Å². The summed E-state index contributed by atoms with van der Waals surface area (Å²) in [5, 5.41) is 6.80. The van der Waals surface area contributed by atoms with Gasteiger partial charge in [0.2, 0.25) is 0 Å². The van der Waals surface area contributed by atoms with Crippen molar-refractivity contribution in [2.75, 3.05) is 11.9 Å². The van der Waals surface area contributed by atoms with Crippen LogP contribution in [0, 0.1) is 0 Å². The first-order chi connectivity index (χ1) is 7.70. The van der Waals surface area contributed by atoms with Gasteiger partial charge in [-0.05, 0) is 29.3 Å². The topological polar surface area (TPSA) is 49.8 Å². The third-order valence-electron chi connectivity index (χ3n) is 2.90. The Morgan fingerprint density at radius 3 is 3.06 bits per heavy atom. The van der Waals surface area contributed by atoms with Gasteiger partial charge in [-0.15, -0.1) is 0 Å². The van der Waals surface area contributed by atoms with Crippen molar-refractivity contribution in [2.24, 2.45) is 0 Å². The van der Waals surface area contributed by atoms with Crippen molar-refractivity contribution in [2.45, 2.75) is 39.3 Å². The number of rotatable bonds is 3. The maximum absolute atomic E-state index is 4.43. The van der Waals surface area contributed by atoms with Crippen molar-refractivity contribution < 1.29 is 0 Å². The minimum atomic E-state index is 0.438. The summed E-state index contributed by atoms with van der Waals surface area (Å²) < 4.78 is 0.680. The second-order valence-corrected chi connectivity index (χ2v) is 4.86. The van der Waals surface area contributed by atoms with Gasteiger partial charge in [0, 0.05) is 31.1 Å². The van der Waals surface area contributed by atoms with Crippen molar-refractivity contribution >= 4 is 21.7 Å². The number of anilines is 1. The van der Waals surface area contributed by atoms with Crippen LogP contribution in [0.2, 0.25) is 0 Å². The second kappa shape index (κ2) is 5.10. The number of fused-ring (bicyclic) bond motifs is 1. The molecule has 2 rings (SSSR count). The lowest BCUT2D eigenvalue weighted by Gasteiger charge is -2.21. The summed E-state index contributed by atoms with van der Waals surface area (Å²) in [5.41, 5.74) is 2.38. The molecule has 4 nitrogen and oxygen atoms in total. The Kier molecular flexibility index (Phi) is 3.76. The van der Waals surface area contributed by atoms with E-state index in [1.165, 1.54) is 5.56 Å². The van der Waals surface area contributed by atoms with Crippen LogP contribution >= 0.6 is 15.9 Å². The van der Waals surface area contributed by atoms with Crippen molar-refractivity contribution in [3.05, 3.63) is 16.0 Å². The maximum Gasteiger partial charge on any atom is 0.198 e. The summed E-state index contributed by atoms with van der Waals surface area (Å²) in [6.45, 7) is 6.19. The molecule has 2 heterocycles. The zero-order valence-electron chi connectivity index (χ0n) is 9.68. The van der Waals surface area contributed by atoms with Crippen molar-refractivity contribution in [1.82, 2.24) is 15.3 Å². The molecule has 1 aliphatic heterocycles. The van der Waals surface area contributed by atoms with Gasteiger partial charge in [0.15, 0.2) is 4.73 Å². The Hall–Kier alpha value is -0.680. The molecule has 2 N–H and O–H groups in total. The Bertz CT molecular complexity index is 380. The summed E-state index contributed by atoms with van der Waals surface area (Å²) in [4.78, 5) is 8.86. The molecular weight excluding hydrogens is 268 g/mol. The van der Waals surface area contributed by atoms with Crippen molar-refractivity contribution in [3.8, 4) is 0 Å². The van der Waals surface area contributed by atoms with E-state index in [9.17, 15) is 0 Å². The zero-order valence-corrected chi connectivity index (χ0v) is 11.3. The number of hydrogen-bond donors (Lipinski definition) is 2. The molecule has 0 saturated heterocycles. The van der Waals surface area contributed by atoms with Gasteiger partial charge in [-0.2, -0.15) is 0 Å². The van der Waals surface area contributed by atoms with Gasteiger partial charge in [-0.3, -0.25) is 0 Å². The summed E-state index contributed by atoms with van der Waals surface area (Å²) >= 11 is 3.37. The summed E-state index contributed by atoms with van der Waals surface area (Å²) in [7, 11) is 0. The van der Waals surface area contributed by atoms with E-state index in [1.54, 1.807) is 0 Å². The first-order valence-corrected chi connectivity index (χ1v) is 6.52. The molecule has 0 saturated carbocycles. The predicted octanol–water partition coefficient (Wildman–Crippen LogP) is 2.10. The molecule has 5 heteroatoms. The first-order valence-electron chi connectivity index (χ1n) is 5.73. The van der Waals surface area contributed by atoms with E-state index in [-0.39, 0.29) is 0 Å². The molecule has 1 aromatic heterocycles. The fraction of sp³-hybridized carbons (Fsp3) is 0.636. The SMILES string of the molecule is CCC(C)Nc1nc(Br)nc2c1CNCC2. The van der Waals surface area contributed by atoms with Crippen molar-refractivity contribution in [1.29, 1.82) is 0 Å². The highest BCUT2D eigenvalue weighted by Gasteiger charge is 2.17. The summed E-state index contributed by atoms with van der Waals surface area (Å²) in [6.07, 6.45) is 2.06. The lowest BCUT2D eigenvalue weighted by molar-refractivity contribution is 0.622. The molecule has 1 unspecified atom stereocenters. The number of halogens is 1. The molecule has 0 aromatic carbocycles. The number of hydrogen-bond acceptors (Lipinski definition) is 4. The Balaban J connectivity index is 2.31. The Morgan fingerprint density at radius 1 is 1.50 bits per heavy atom. The lowest BCUT2D eigenvalue weighted by Crippen LogP contribution is -2.27. The van der Waals surface area contributed by atoms with E-state index in [0.717, 1.165) is 37.4 Å². The predicted molar refractivity (Wildman–Crippen MR) is 68.5 cm³/mol. The smallest absolute Gasteiger partial charge is 0.198 e. The van der Waals surface area contributed by atoms with Gasteiger partial charge in [0.25, 0.3) is 0 Å². The van der Waals surface area contributed by atoms with Gasteiger partial charge < -0.3 is 10.6 Å². The summed E-state index contributed by atoms with van der Waals surface area (Å²) in [6, 6.07) is 0.438. The Morgan fingerprint density at radius 2 is 2.31 bits per heavy atom. The van der Waals surface area contributed by atoms with Crippen LogP contribution in [0.15, 0.2) is 4.73 Å². The van der Waals surface area contributed by atoms with E-state index in [1.807, 2.05) is 0 Å². The number of aromatic nitrogens is 2. The standard InChI is InChI=1S/C11H17BrN4/c1-3-7(2)14-10-8-6-13-5-4-9(8)15-11(12)16-10/h7,13H,3-6H2,1-2H3,(H,14,15,16). The second-order valence-electron chi connectivity index (χ2n) is 4.15. The minimum absolute atomic E-state index is 0.438. The molecule has 0 amide bonds. The number of nitrogens with one attached hydrogen (secondary N) is 2. The average molecular weight is 285 g/mol. The molecule has 1 aliphatic rings. The molecule has 0 radical (unpaired) electrons. The monoisotopic (exact) mass is 284 g/mol. The van der Waals surface area contributed by atoms with Crippen LogP contribution in [0.3, 0.4) is 0 Å². The normalized spacial score (nSPS) is 16.7. The highest BCUT2D eigenvalue weighted by atomic mass is 79.9. The zero-order chi connectivity index (χ0) is 11.5. The molecule has 1 aromatic rings. The maximum atomic E-state index is 4.43. The molecule has 0 fully saturated rings. The lowest BCUT2D eigenvalue weighted by atomic mass is 10.1. The van der Waals surface area contributed by atoms with E-state index < -0.39 is 0 Å². The molecule has 0 spiro atoms. The van der Waals surface area contributed by atoms with Gasteiger partial charge in [-0.1, -0.05) is 6.92 Å². The highest BCUT2D eigenvalue weighted by Crippen LogP contribution is 2.22. The average Bonchev–Trinajstić information content (AvgIpc) is 2.28. The molecular formula is C11H17BrN4. The van der Waals surface area contributed by atoms with E-state index in [2.05, 4.69) is 50.4 Å². The van der Waals surface area contributed by atoms with Crippen LogP contribution in [-0.4, -0.2) is 22.6 Å². The largest absolute Gasteiger partial charge is 0.367 e. The minimum Gasteiger partial charge on any atom is -0.367 e. The van der Waals surface area contributed by atoms with E-state index in [0.29, 0.717) is 10.8 Å². The van der Waals surface area contributed by atoms with Gasteiger partial charge in [-0.25, -0.2) is 9.97 Å². The quantitative estimate of drug-likeness (QED) is 0.835. The van der Waals surface area contributed by atoms with Crippen LogP contribution in [-0.2, 0) is 13.0 Å². The molecule has 16 heavy (non-hydrogen) atoms. The number of nitrogens with zero attached hydrogens (tertiary/aromatic N) is 2. The fourth-order valence-corrected chi connectivity index (χ4v) is 2.16. The van der Waals surface area contributed by atoms with Gasteiger partial charge in [0.05, 0.1) is 5.69 Å². The van der Waals surface area contributed by atoms with E-state index in [4.69, 9.17) is 0 Å². The Labute approximate surface area is 104 Å². The third kappa shape index (κ3) is 2.52.